The zero-order chi connectivity index (χ0) is 15.1. The van der Waals surface area contributed by atoms with Crippen LogP contribution in [0, 0.1) is 0 Å². The summed E-state index contributed by atoms with van der Waals surface area (Å²) in [6.07, 6.45) is 5.68. The molecule has 0 radical (unpaired) electrons. The van der Waals surface area contributed by atoms with Gasteiger partial charge in [-0.1, -0.05) is 30.4 Å². The average molecular weight is 285 g/mol. The lowest BCUT2D eigenvalue weighted by molar-refractivity contribution is 0.195. The topological polar surface area (TPSA) is 95.3 Å². The van der Waals surface area contributed by atoms with E-state index in [0.29, 0.717) is 5.82 Å². The van der Waals surface area contributed by atoms with E-state index in [-0.39, 0.29) is 13.2 Å². The Morgan fingerprint density at radius 2 is 2.05 bits per heavy atom. The Hall–Kier alpha value is -2.73. The number of amides is 1. The molecule has 108 valence electrons. The molecule has 1 aromatic carbocycles. The number of carboxylic acid groups (broad SMARTS) is 1. The van der Waals surface area contributed by atoms with Crippen molar-refractivity contribution < 1.29 is 15.0 Å². The lowest BCUT2D eigenvalue weighted by Gasteiger charge is -2.02. The van der Waals surface area contributed by atoms with E-state index in [4.69, 9.17) is 10.2 Å². The fraction of sp³-hybridized carbons (Fsp3) is 0.133. The van der Waals surface area contributed by atoms with E-state index in [2.05, 4.69) is 15.3 Å². The number of aliphatic hydroxyl groups excluding tert-OH is 1. The first-order valence-electron chi connectivity index (χ1n) is 6.34. The van der Waals surface area contributed by atoms with Crippen molar-refractivity contribution in [2.75, 3.05) is 6.54 Å². The third-order valence-corrected chi connectivity index (χ3v) is 2.72. The van der Waals surface area contributed by atoms with Gasteiger partial charge in [-0.25, -0.2) is 14.8 Å². The molecule has 6 nitrogen and oxygen atoms in total. The van der Waals surface area contributed by atoms with Crippen LogP contribution in [-0.4, -0.2) is 32.8 Å². The van der Waals surface area contributed by atoms with Gasteiger partial charge in [0.15, 0.2) is 5.82 Å². The van der Waals surface area contributed by atoms with E-state index in [9.17, 15) is 4.79 Å². The van der Waals surface area contributed by atoms with Crippen molar-refractivity contribution >= 4 is 12.2 Å². The summed E-state index contributed by atoms with van der Waals surface area (Å²) in [4.78, 5) is 18.8. The molecule has 0 bridgehead atoms. The van der Waals surface area contributed by atoms with Gasteiger partial charge in [0.2, 0.25) is 0 Å². The molecule has 0 saturated heterocycles. The van der Waals surface area contributed by atoms with Crippen molar-refractivity contribution in [1.29, 1.82) is 0 Å². The molecule has 0 unspecified atom stereocenters. The number of nitrogens with one attached hydrogen (secondary N) is 1. The minimum Gasteiger partial charge on any atom is -0.465 e. The first-order valence-corrected chi connectivity index (χ1v) is 6.34. The van der Waals surface area contributed by atoms with Crippen LogP contribution in [0.1, 0.15) is 11.1 Å². The van der Waals surface area contributed by atoms with Gasteiger partial charge in [0.05, 0.1) is 6.61 Å². The highest BCUT2D eigenvalue weighted by Gasteiger charge is 2.01. The summed E-state index contributed by atoms with van der Waals surface area (Å²) in [7, 11) is 0. The van der Waals surface area contributed by atoms with Gasteiger partial charge >= 0.3 is 6.09 Å². The standard InChI is InChI=1S/C15H15N3O3/c19-10-11-3-1-5-13(7-11)14-17-8-12(9-18-14)4-2-6-16-15(20)21/h1-5,7-9,16,19H,6,10H2,(H,20,21). The minimum absolute atomic E-state index is 0.0226. The molecule has 21 heavy (non-hydrogen) atoms. The maximum atomic E-state index is 10.3. The largest absolute Gasteiger partial charge is 0.465 e. The molecule has 0 spiro atoms. The van der Waals surface area contributed by atoms with Gasteiger partial charge in [0.25, 0.3) is 0 Å². The lowest BCUT2D eigenvalue weighted by Crippen LogP contribution is -2.20. The van der Waals surface area contributed by atoms with Crippen LogP contribution in [0.4, 0.5) is 4.79 Å². The highest BCUT2D eigenvalue weighted by Crippen LogP contribution is 2.16. The molecule has 0 aliphatic rings. The number of rotatable bonds is 5. The van der Waals surface area contributed by atoms with Gasteiger partial charge in [-0.15, -0.1) is 0 Å². The fourth-order valence-electron chi connectivity index (χ4n) is 1.72. The highest BCUT2D eigenvalue weighted by molar-refractivity contribution is 5.65. The van der Waals surface area contributed by atoms with Gasteiger partial charge in [0.1, 0.15) is 0 Å². The zero-order valence-corrected chi connectivity index (χ0v) is 11.2. The van der Waals surface area contributed by atoms with Crippen LogP contribution in [-0.2, 0) is 6.61 Å². The Morgan fingerprint density at radius 1 is 1.29 bits per heavy atom. The van der Waals surface area contributed by atoms with E-state index in [1.54, 1.807) is 24.5 Å². The molecule has 0 aliphatic carbocycles. The molecular formula is C15H15N3O3. The van der Waals surface area contributed by atoms with Crippen LogP contribution in [0.5, 0.6) is 0 Å². The number of hydrogen-bond donors (Lipinski definition) is 3. The Balaban J connectivity index is 2.06. The van der Waals surface area contributed by atoms with Gasteiger partial charge in [-0.05, 0) is 11.6 Å². The SMILES string of the molecule is O=C(O)NCC=Cc1cnc(-c2cccc(CO)c2)nc1. The van der Waals surface area contributed by atoms with Crippen LogP contribution in [0.2, 0.25) is 0 Å². The molecule has 1 heterocycles. The second-order valence-electron chi connectivity index (χ2n) is 4.29. The Morgan fingerprint density at radius 3 is 2.71 bits per heavy atom. The first-order chi connectivity index (χ1) is 10.2. The second-order valence-corrected chi connectivity index (χ2v) is 4.29. The normalized spacial score (nSPS) is 10.7. The molecule has 0 saturated carbocycles. The monoisotopic (exact) mass is 285 g/mol. The van der Waals surface area contributed by atoms with E-state index in [1.165, 1.54) is 0 Å². The number of benzene rings is 1. The van der Waals surface area contributed by atoms with Gasteiger partial charge in [-0.2, -0.15) is 0 Å². The van der Waals surface area contributed by atoms with E-state index >= 15 is 0 Å². The quantitative estimate of drug-likeness (QED) is 0.780. The number of nitrogens with zero attached hydrogens (tertiary/aromatic N) is 2. The number of aromatic nitrogens is 2. The van der Waals surface area contributed by atoms with Crippen molar-refractivity contribution in [3.63, 3.8) is 0 Å². The van der Waals surface area contributed by atoms with E-state index in [0.717, 1.165) is 16.7 Å². The smallest absolute Gasteiger partial charge is 0.404 e. The van der Waals surface area contributed by atoms with Crippen LogP contribution in [0.3, 0.4) is 0 Å². The molecule has 2 aromatic rings. The van der Waals surface area contributed by atoms with E-state index < -0.39 is 6.09 Å². The molecule has 3 N–H and O–H groups in total. The predicted molar refractivity (Wildman–Crippen MR) is 78.5 cm³/mol. The van der Waals surface area contributed by atoms with Gasteiger partial charge in [0, 0.05) is 30.1 Å². The maximum absolute atomic E-state index is 10.3. The molecule has 6 heteroatoms. The highest BCUT2D eigenvalue weighted by atomic mass is 16.4. The molecule has 0 fully saturated rings. The van der Waals surface area contributed by atoms with Crippen LogP contribution < -0.4 is 5.32 Å². The summed E-state index contributed by atoms with van der Waals surface area (Å²) < 4.78 is 0. The molecule has 1 amide bonds. The van der Waals surface area contributed by atoms with Crippen molar-refractivity contribution in [2.45, 2.75) is 6.61 Å². The van der Waals surface area contributed by atoms with Crippen molar-refractivity contribution in [1.82, 2.24) is 15.3 Å². The summed E-state index contributed by atoms with van der Waals surface area (Å²) in [5.41, 5.74) is 2.42. The van der Waals surface area contributed by atoms with Crippen LogP contribution in [0.15, 0.2) is 42.7 Å². The van der Waals surface area contributed by atoms with Crippen LogP contribution in [0.25, 0.3) is 17.5 Å². The number of carbonyl (C=O) groups is 1. The molecule has 2 rings (SSSR count). The zero-order valence-electron chi connectivity index (χ0n) is 11.2. The number of aliphatic hydroxyl groups is 1. The van der Waals surface area contributed by atoms with Crippen molar-refractivity contribution in [2.24, 2.45) is 0 Å². The molecular weight excluding hydrogens is 270 g/mol. The summed E-state index contributed by atoms with van der Waals surface area (Å²) in [6.45, 7) is 0.209. The summed E-state index contributed by atoms with van der Waals surface area (Å²) in [5.74, 6) is 0.575. The summed E-state index contributed by atoms with van der Waals surface area (Å²) in [5, 5.41) is 19.8. The first kappa shape index (κ1) is 14.7. The minimum atomic E-state index is -1.06. The van der Waals surface area contributed by atoms with Crippen molar-refractivity contribution in [3.8, 4) is 11.4 Å². The third kappa shape index (κ3) is 4.39. The third-order valence-electron chi connectivity index (χ3n) is 2.72. The Kier molecular flexibility index (Phi) is 5.00. The Labute approximate surface area is 121 Å². The second kappa shape index (κ2) is 7.16. The maximum Gasteiger partial charge on any atom is 0.404 e. The van der Waals surface area contributed by atoms with E-state index in [1.807, 2.05) is 24.3 Å². The van der Waals surface area contributed by atoms with Gasteiger partial charge in [-0.3, -0.25) is 0 Å². The Bertz CT molecular complexity index is 639. The summed E-state index contributed by atoms with van der Waals surface area (Å²) >= 11 is 0. The summed E-state index contributed by atoms with van der Waals surface area (Å²) in [6, 6.07) is 7.38. The molecule has 1 aromatic heterocycles. The average Bonchev–Trinajstić information content (AvgIpc) is 2.52. The molecule has 0 aliphatic heterocycles. The lowest BCUT2D eigenvalue weighted by atomic mass is 10.1. The van der Waals surface area contributed by atoms with Crippen LogP contribution >= 0.6 is 0 Å². The number of hydrogen-bond acceptors (Lipinski definition) is 4. The predicted octanol–water partition coefficient (Wildman–Crippen LogP) is 1.92. The fourth-order valence-corrected chi connectivity index (χ4v) is 1.72. The van der Waals surface area contributed by atoms with Gasteiger partial charge < -0.3 is 15.5 Å². The molecule has 0 atom stereocenters. The van der Waals surface area contributed by atoms with Crippen molar-refractivity contribution in [3.05, 3.63) is 53.9 Å².